The van der Waals surface area contributed by atoms with Crippen LogP contribution in [0.1, 0.15) is 52.0 Å². The highest BCUT2D eigenvalue weighted by atomic mass is 32.2. The van der Waals surface area contributed by atoms with Crippen LogP contribution in [-0.4, -0.2) is 56.3 Å². The van der Waals surface area contributed by atoms with E-state index in [9.17, 15) is 13.2 Å². The van der Waals surface area contributed by atoms with Crippen molar-refractivity contribution in [1.82, 2.24) is 14.5 Å². The zero-order valence-corrected chi connectivity index (χ0v) is 21.7. The molecule has 0 spiro atoms. The zero-order valence-electron chi connectivity index (χ0n) is 20.1. The highest BCUT2D eigenvalue weighted by molar-refractivity contribution is 7.89. The van der Waals surface area contributed by atoms with Crippen LogP contribution in [0, 0.1) is 27.7 Å². The fourth-order valence-corrected chi connectivity index (χ4v) is 7.70. The maximum absolute atomic E-state index is 13.0. The smallest absolute Gasteiger partial charge is 0.241 e. The lowest BCUT2D eigenvalue weighted by Gasteiger charge is -2.40. The van der Waals surface area contributed by atoms with Crippen LogP contribution < -0.4 is 4.72 Å². The molecule has 0 radical (unpaired) electrons. The van der Waals surface area contributed by atoms with Gasteiger partial charge in [-0.25, -0.2) is 13.1 Å². The van der Waals surface area contributed by atoms with Crippen molar-refractivity contribution >= 4 is 27.3 Å². The number of carbonyl (C=O) groups is 1. The average Bonchev–Trinajstić information content (AvgIpc) is 3.25. The van der Waals surface area contributed by atoms with Gasteiger partial charge in [0.2, 0.25) is 15.9 Å². The molecule has 1 aromatic heterocycles. The zero-order chi connectivity index (χ0) is 23.8. The summed E-state index contributed by atoms with van der Waals surface area (Å²) in [6.07, 6.45) is 3.29. The number of hydrogen-bond acceptors (Lipinski definition) is 5. The molecule has 1 amide bonds. The average molecular weight is 490 g/mol. The van der Waals surface area contributed by atoms with Gasteiger partial charge in [-0.2, -0.15) is 0 Å². The molecule has 180 valence electrons. The Morgan fingerprint density at radius 1 is 1.09 bits per heavy atom. The second-order valence-electron chi connectivity index (χ2n) is 9.44. The van der Waals surface area contributed by atoms with Crippen LogP contribution in [0.2, 0.25) is 0 Å². The Bertz CT molecular complexity index is 1110. The van der Waals surface area contributed by atoms with Gasteiger partial charge >= 0.3 is 0 Å². The number of likely N-dealkylation sites (tertiary alicyclic amines) is 1. The van der Waals surface area contributed by atoms with Crippen molar-refractivity contribution in [2.75, 3.05) is 26.2 Å². The number of amides is 1. The van der Waals surface area contributed by atoms with E-state index in [0.717, 1.165) is 67.7 Å². The van der Waals surface area contributed by atoms with E-state index in [1.165, 1.54) is 10.4 Å². The molecule has 0 bridgehead atoms. The molecule has 0 saturated carbocycles. The molecular weight excluding hydrogens is 454 g/mol. The van der Waals surface area contributed by atoms with E-state index in [1.54, 1.807) is 0 Å². The number of aryl methyl sites for hydroxylation is 2. The van der Waals surface area contributed by atoms with Gasteiger partial charge in [0.05, 0.1) is 4.90 Å². The Kier molecular flexibility index (Phi) is 7.29. The normalized spacial score (nSPS) is 17.9. The number of sulfonamides is 1. The molecule has 0 unspecified atom stereocenters. The summed E-state index contributed by atoms with van der Waals surface area (Å²) in [6, 6.07) is 4.78. The third-order valence-electron chi connectivity index (χ3n) is 7.37. The first-order valence-corrected chi connectivity index (χ1v) is 14.2. The van der Waals surface area contributed by atoms with Crippen molar-refractivity contribution in [2.24, 2.45) is 0 Å². The van der Waals surface area contributed by atoms with Crippen molar-refractivity contribution in [1.29, 1.82) is 0 Å². The van der Waals surface area contributed by atoms with E-state index < -0.39 is 10.0 Å². The summed E-state index contributed by atoms with van der Waals surface area (Å²) >= 11 is 1.86. The van der Waals surface area contributed by atoms with Crippen LogP contribution >= 0.6 is 11.3 Å². The maximum atomic E-state index is 13.0. The summed E-state index contributed by atoms with van der Waals surface area (Å²) in [5.74, 6) is 0.0313. The van der Waals surface area contributed by atoms with E-state index in [1.807, 2.05) is 50.0 Å². The summed E-state index contributed by atoms with van der Waals surface area (Å²) in [4.78, 5) is 19.1. The molecule has 1 saturated heterocycles. The monoisotopic (exact) mass is 489 g/mol. The molecule has 6 nitrogen and oxygen atoms in total. The Hall–Kier alpha value is -1.74. The summed E-state index contributed by atoms with van der Waals surface area (Å²) in [6.45, 7) is 11.3. The van der Waals surface area contributed by atoms with E-state index >= 15 is 0 Å². The molecule has 2 aromatic rings. The first kappa shape index (κ1) is 24.4. The Morgan fingerprint density at radius 3 is 2.42 bits per heavy atom. The molecule has 2 aliphatic heterocycles. The number of benzene rings is 1. The van der Waals surface area contributed by atoms with Crippen LogP contribution in [0.4, 0.5) is 0 Å². The molecule has 0 aliphatic carbocycles. The quantitative estimate of drug-likeness (QED) is 0.672. The summed E-state index contributed by atoms with van der Waals surface area (Å²) in [7, 11) is -3.66. The van der Waals surface area contributed by atoms with Gasteiger partial charge in [0.25, 0.3) is 0 Å². The van der Waals surface area contributed by atoms with Gasteiger partial charge in [0.1, 0.15) is 0 Å². The number of carbonyl (C=O) groups excluding carboxylic acids is 1. The molecular formula is C25H35N3O3S2. The summed E-state index contributed by atoms with van der Waals surface area (Å²) < 4.78 is 28.6. The molecule has 0 atom stereocenters. The van der Waals surface area contributed by atoms with Crippen molar-refractivity contribution in [3.63, 3.8) is 0 Å². The van der Waals surface area contributed by atoms with Crippen LogP contribution in [0.5, 0.6) is 0 Å². The minimum absolute atomic E-state index is 0.0313. The van der Waals surface area contributed by atoms with Crippen LogP contribution in [0.25, 0.3) is 0 Å². The molecule has 1 aromatic carbocycles. The van der Waals surface area contributed by atoms with Crippen molar-refractivity contribution < 1.29 is 13.2 Å². The largest absolute Gasteiger partial charge is 0.343 e. The molecule has 33 heavy (non-hydrogen) atoms. The molecule has 8 heteroatoms. The number of hydrogen-bond donors (Lipinski definition) is 1. The summed E-state index contributed by atoms with van der Waals surface area (Å²) in [5.41, 5.74) is 4.92. The topological polar surface area (TPSA) is 69.7 Å². The first-order valence-electron chi connectivity index (χ1n) is 11.8. The lowest BCUT2D eigenvalue weighted by Crippen LogP contribution is -2.48. The summed E-state index contributed by atoms with van der Waals surface area (Å²) in [5, 5.41) is 2.19. The van der Waals surface area contributed by atoms with Gasteiger partial charge in [-0.3, -0.25) is 9.69 Å². The van der Waals surface area contributed by atoms with Gasteiger partial charge in [-0.05, 0) is 86.2 Å². The van der Waals surface area contributed by atoms with Crippen molar-refractivity contribution in [2.45, 2.75) is 70.9 Å². The standard InChI is InChI=1S/C25H35N3O3S2/c1-17-15-18(2)20(4)25(19(17)3)33(30,31)26-10-5-24(29)27-11-6-22(7-12-27)28-13-8-23-21(16-28)9-14-32-23/h9,14-15,22,26H,5-8,10-13,16H2,1-4H3. The van der Waals surface area contributed by atoms with E-state index in [2.05, 4.69) is 21.1 Å². The third kappa shape index (κ3) is 5.19. The van der Waals surface area contributed by atoms with Gasteiger partial charge in [-0.1, -0.05) is 6.07 Å². The second-order valence-corrected chi connectivity index (χ2v) is 12.1. The fraction of sp³-hybridized carbons (Fsp3) is 0.560. The third-order valence-corrected chi connectivity index (χ3v) is 10.1. The fourth-order valence-electron chi connectivity index (χ4n) is 5.17. The highest BCUT2D eigenvalue weighted by Gasteiger charge is 2.29. The predicted octanol–water partition coefficient (Wildman–Crippen LogP) is 3.70. The number of piperidine rings is 1. The number of rotatable bonds is 6. The highest BCUT2D eigenvalue weighted by Crippen LogP contribution is 2.28. The minimum atomic E-state index is -3.66. The van der Waals surface area contributed by atoms with Crippen LogP contribution in [-0.2, 0) is 27.8 Å². The van der Waals surface area contributed by atoms with Crippen LogP contribution in [0.3, 0.4) is 0 Å². The minimum Gasteiger partial charge on any atom is -0.343 e. The van der Waals surface area contributed by atoms with E-state index in [-0.39, 0.29) is 18.9 Å². The Morgan fingerprint density at radius 2 is 1.76 bits per heavy atom. The van der Waals surface area contributed by atoms with Gasteiger partial charge in [0, 0.05) is 50.1 Å². The Labute approximate surface area is 202 Å². The molecule has 3 heterocycles. The molecule has 2 aliphatic rings. The SMILES string of the molecule is Cc1cc(C)c(C)c(S(=O)(=O)NCCC(=O)N2CCC(N3CCc4sccc4C3)CC2)c1C. The van der Waals surface area contributed by atoms with Crippen molar-refractivity contribution in [3.8, 4) is 0 Å². The lowest BCUT2D eigenvalue weighted by atomic mass is 9.99. The van der Waals surface area contributed by atoms with Gasteiger partial charge in [-0.15, -0.1) is 11.3 Å². The number of fused-ring (bicyclic) bond motifs is 1. The van der Waals surface area contributed by atoms with Crippen LogP contribution in [0.15, 0.2) is 22.4 Å². The second kappa shape index (κ2) is 9.86. The Balaban J connectivity index is 1.27. The van der Waals surface area contributed by atoms with Gasteiger partial charge in [0.15, 0.2) is 0 Å². The molecule has 1 N–H and O–H groups in total. The number of nitrogens with zero attached hydrogens (tertiary/aromatic N) is 2. The van der Waals surface area contributed by atoms with E-state index in [0.29, 0.717) is 10.9 Å². The first-order chi connectivity index (χ1) is 15.7. The number of thiophene rings is 1. The molecule has 4 rings (SSSR count). The predicted molar refractivity (Wildman–Crippen MR) is 133 cm³/mol. The maximum Gasteiger partial charge on any atom is 0.241 e. The van der Waals surface area contributed by atoms with E-state index in [4.69, 9.17) is 0 Å². The molecule has 1 fully saturated rings. The lowest BCUT2D eigenvalue weighted by molar-refractivity contribution is -0.132. The number of nitrogens with one attached hydrogen (secondary N) is 1. The van der Waals surface area contributed by atoms with Gasteiger partial charge < -0.3 is 4.90 Å². The van der Waals surface area contributed by atoms with Crippen molar-refractivity contribution in [3.05, 3.63) is 50.2 Å².